The molecule has 82 valence electrons. The Morgan fingerprint density at radius 3 is 2.87 bits per heavy atom. The number of hydrogen-bond acceptors (Lipinski definition) is 4. The van der Waals surface area contributed by atoms with E-state index in [1.165, 1.54) is 23.9 Å². The zero-order valence-electron chi connectivity index (χ0n) is 7.81. The minimum Gasteiger partial charge on any atom is -0.478 e. The van der Waals surface area contributed by atoms with Crippen molar-refractivity contribution in [2.75, 3.05) is 12.4 Å². The molecule has 0 fully saturated rings. The molecule has 1 heterocycles. The van der Waals surface area contributed by atoms with Gasteiger partial charge < -0.3 is 10.2 Å². The first-order chi connectivity index (χ1) is 7.15. The third-order valence-corrected chi connectivity index (χ3v) is 2.89. The van der Waals surface area contributed by atoms with E-state index in [4.69, 9.17) is 21.8 Å². The first-order valence-electron chi connectivity index (χ1n) is 4.28. The van der Waals surface area contributed by atoms with Crippen molar-refractivity contribution in [1.82, 2.24) is 4.98 Å². The molecule has 0 aliphatic heterocycles. The molecule has 0 saturated heterocycles. The van der Waals surface area contributed by atoms with E-state index in [9.17, 15) is 4.79 Å². The SMILES string of the molecule is O=C(O)c1ccc(Cl)nc1SCCCO. The second-order valence-electron chi connectivity index (χ2n) is 2.72. The Morgan fingerprint density at radius 1 is 1.53 bits per heavy atom. The number of carbonyl (C=O) groups is 1. The Balaban J connectivity index is 2.82. The van der Waals surface area contributed by atoms with Crippen LogP contribution in [0.1, 0.15) is 16.8 Å². The van der Waals surface area contributed by atoms with Crippen LogP contribution in [0.3, 0.4) is 0 Å². The molecule has 0 saturated carbocycles. The van der Waals surface area contributed by atoms with E-state index in [0.717, 1.165) is 0 Å². The fourth-order valence-corrected chi connectivity index (χ4v) is 2.06. The van der Waals surface area contributed by atoms with Crippen molar-refractivity contribution in [1.29, 1.82) is 0 Å². The molecule has 1 rings (SSSR count). The van der Waals surface area contributed by atoms with Crippen LogP contribution in [0.5, 0.6) is 0 Å². The maximum atomic E-state index is 10.8. The number of nitrogens with zero attached hydrogens (tertiary/aromatic N) is 1. The van der Waals surface area contributed by atoms with Crippen LogP contribution in [-0.2, 0) is 0 Å². The topological polar surface area (TPSA) is 70.4 Å². The molecule has 1 aromatic rings. The molecule has 0 unspecified atom stereocenters. The first-order valence-corrected chi connectivity index (χ1v) is 5.65. The number of pyridine rings is 1. The van der Waals surface area contributed by atoms with E-state index in [-0.39, 0.29) is 17.3 Å². The van der Waals surface area contributed by atoms with Gasteiger partial charge in [0.05, 0.1) is 5.56 Å². The number of rotatable bonds is 5. The minimum atomic E-state index is -1.02. The summed E-state index contributed by atoms with van der Waals surface area (Å²) >= 11 is 6.95. The van der Waals surface area contributed by atoms with E-state index in [1.807, 2.05) is 0 Å². The number of thioether (sulfide) groups is 1. The van der Waals surface area contributed by atoms with Gasteiger partial charge in [0.1, 0.15) is 10.2 Å². The third kappa shape index (κ3) is 3.70. The summed E-state index contributed by atoms with van der Waals surface area (Å²) in [7, 11) is 0. The monoisotopic (exact) mass is 247 g/mol. The number of aliphatic hydroxyl groups is 1. The standard InChI is InChI=1S/C9H10ClNO3S/c10-7-3-2-6(9(13)14)8(11-7)15-5-1-4-12/h2-3,12H,1,4-5H2,(H,13,14). The molecule has 0 aliphatic carbocycles. The normalized spacial score (nSPS) is 10.3. The van der Waals surface area contributed by atoms with Crippen LogP contribution in [-0.4, -0.2) is 33.5 Å². The van der Waals surface area contributed by atoms with Crippen molar-refractivity contribution in [2.24, 2.45) is 0 Å². The summed E-state index contributed by atoms with van der Waals surface area (Å²) < 4.78 is 0. The molecule has 2 N–H and O–H groups in total. The minimum absolute atomic E-state index is 0.0793. The lowest BCUT2D eigenvalue weighted by molar-refractivity contribution is 0.0692. The molecular formula is C9H10ClNO3S. The van der Waals surface area contributed by atoms with Crippen molar-refractivity contribution >= 4 is 29.3 Å². The predicted molar refractivity (Wildman–Crippen MR) is 58.6 cm³/mol. The van der Waals surface area contributed by atoms with E-state index in [2.05, 4.69) is 4.98 Å². The molecular weight excluding hydrogens is 238 g/mol. The van der Waals surface area contributed by atoms with Gasteiger partial charge in [-0.25, -0.2) is 9.78 Å². The van der Waals surface area contributed by atoms with Crippen LogP contribution >= 0.6 is 23.4 Å². The van der Waals surface area contributed by atoms with Crippen LogP contribution in [0, 0.1) is 0 Å². The van der Waals surface area contributed by atoms with Gasteiger partial charge in [0.15, 0.2) is 0 Å². The zero-order valence-corrected chi connectivity index (χ0v) is 9.38. The van der Waals surface area contributed by atoms with Gasteiger partial charge in [-0.1, -0.05) is 11.6 Å². The van der Waals surface area contributed by atoms with Crippen LogP contribution in [0.25, 0.3) is 0 Å². The number of carboxylic acid groups (broad SMARTS) is 1. The van der Waals surface area contributed by atoms with Gasteiger partial charge in [-0.05, 0) is 18.6 Å². The maximum absolute atomic E-state index is 10.8. The van der Waals surface area contributed by atoms with Crippen molar-refractivity contribution in [3.05, 3.63) is 22.8 Å². The van der Waals surface area contributed by atoms with Gasteiger partial charge in [-0.15, -0.1) is 11.8 Å². The molecule has 1 aromatic heterocycles. The summed E-state index contributed by atoms with van der Waals surface area (Å²) in [4.78, 5) is 14.8. The Labute approximate surface area is 96.3 Å². The highest BCUT2D eigenvalue weighted by atomic mass is 35.5. The molecule has 6 heteroatoms. The second kappa shape index (κ2) is 5.95. The van der Waals surface area contributed by atoms with Gasteiger partial charge in [0, 0.05) is 12.4 Å². The maximum Gasteiger partial charge on any atom is 0.338 e. The third-order valence-electron chi connectivity index (χ3n) is 1.60. The predicted octanol–water partition coefficient (Wildman–Crippen LogP) is 1.91. The highest BCUT2D eigenvalue weighted by Crippen LogP contribution is 2.23. The highest BCUT2D eigenvalue weighted by molar-refractivity contribution is 7.99. The van der Waals surface area contributed by atoms with Crippen molar-refractivity contribution in [3.63, 3.8) is 0 Å². The molecule has 0 bridgehead atoms. The number of aromatic nitrogens is 1. The van der Waals surface area contributed by atoms with Crippen LogP contribution in [0.15, 0.2) is 17.2 Å². The van der Waals surface area contributed by atoms with E-state index in [0.29, 0.717) is 17.2 Å². The highest BCUT2D eigenvalue weighted by Gasteiger charge is 2.12. The largest absolute Gasteiger partial charge is 0.478 e. The summed E-state index contributed by atoms with van der Waals surface area (Å²) in [6, 6.07) is 2.88. The molecule has 0 atom stereocenters. The Morgan fingerprint density at radius 2 is 2.27 bits per heavy atom. The van der Waals surface area contributed by atoms with Gasteiger partial charge in [-0.2, -0.15) is 0 Å². The summed E-state index contributed by atoms with van der Waals surface area (Å²) in [5, 5.41) is 18.1. The number of hydrogen-bond donors (Lipinski definition) is 2. The van der Waals surface area contributed by atoms with Gasteiger partial charge in [-0.3, -0.25) is 0 Å². The Hall–Kier alpha value is -0.780. The molecule has 4 nitrogen and oxygen atoms in total. The Kier molecular flexibility index (Phi) is 4.87. The number of carboxylic acids is 1. The number of aliphatic hydroxyl groups excluding tert-OH is 1. The summed E-state index contributed by atoms with van der Waals surface area (Å²) in [5.74, 6) is -0.407. The van der Waals surface area contributed by atoms with E-state index in [1.54, 1.807) is 0 Å². The zero-order chi connectivity index (χ0) is 11.3. The smallest absolute Gasteiger partial charge is 0.338 e. The van der Waals surface area contributed by atoms with Crippen LogP contribution < -0.4 is 0 Å². The van der Waals surface area contributed by atoms with E-state index >= 15 is 0 Å². The molecule has 0 amide bonds. The lowest BCUT2D eigenvalue weighted by Gasteiger charge is -2.04. The molecule has 0 aliphatic rings. The van der Waals surface area contributed by atoms with Crippen molar-refractivity contribution in [2.45, 2.75) is 11.4 Å². The van der Waals surface area contributed by atoms with Crippen molar-refractivity contribution < 1.29 is 15.0 Å². The lowest BCUT2D eigenvalue weighted by atomic mass is 10.3. The first kappa shape index (κ1) is 12.3. The average molecular weight is 248 g/mol. The van der Waals surface area contributed by atoms with Gasteiger partial charge >= 0.3 is 5.97 Å². The second-order valence-corrected chi connectivity index (χ2v) is 4.19. The molecule has 0 aromatic carbocycles. The van der Waals surface area contributed by atoms with Crippen LogP contribution in [0.2, 0.25) is 5.15 Å². The fraction of sp³-hybridized carbons (Fsp3) is 0.333. The summed E-state index contributed by atoms with van der Waals surface area (Å²) in [5.41, 5.74) is 0.141. The molecule has 15 heavy (non-hydrogen) atoms. The summed E-state index contributed by atoms with van der Waals surface area (Å²) in [6.07, 6.45) is 0.595. The number of aromatic carboxylic acids is 1. The van der Waals surface area contributed by atoms with Crippen LogP contribution in [0.4, 0.5) is 0 Å². The lowest BCUT2D eigenvalue weighted by Crippen LogP contribution is -2.01. The quantitative estimate of drug-likeness (QED) is 0.473. The molecule has 0 spiro atoms. The summed E-state index contributed by atoms with van der Waals surface area (Å²) in [6.45, 7) is 0.0793. The van der Waals surface area contributed by atoms with Crippen molar-refractivity contribution in [3.8, 4) is 0 Å². The van der Waals surface area contributed by atoms with E-state index < -0.39 is 5.97 Å². The van der Waals surface area contributed by atoms with Gasteiger partial charge in [0.25, 0.3) is 0 Å². The van der Waals surface area contributed by atoms with Gasteiger partial charge in [0.2, 0.25) is 0 Å². The fourth-order valence-electron chi connectivity index (χ4n) is 0.924. The molecule has 0 radical (unpaired) electrons. The average Bonchev–Trinajstić information content (AvgIpc) is 2.18. The number of halogens is 1. The Bertz CT molecular complexity index is 359.